The van der Waals surface area contributed by atoms with E-state index in [2.05, 4.69) is 33.9 Å². The minimum absolute atomic E-state index is 0.0593. The summed E-state index contributed by atoms with van der Waals surface area (Å²) >= 11 is 0. The Bertz CT molecular complexity index is 1170. The molecule has 10 heteroatoms. The third-order valence-electron chi connectivity index (χ3n) is 7.49. The zero-order valence-electron chi connectivity index (χ0n) is 20.6. The smallest absolute Gasteiger partial charge is 0.446 e. The molecule has 7 nitrogen and oxygen atoms in total. The van der Waals surface area contributed by atoms with E-state index in [1.165, 1.54) is 17.7 Å². The molecule has 1 atom stereocenters. The Morgan fingerprint density at radius 1 is 1.14 bits per heavy atom. The fourth-order valence-electron chi connectivity index (χ4n) is 5.79. The van der Waals surface area contributed by atoms with E-state index in [4.69, 9.17) is 4.74 Å². The van der Waals surface area contributed by atoms with Gasteiger partial charge in [-0.05, 0) is 43.5 Å². The Labute approximate surface area is 214 Å². The van der Waals surface area contributed by atoms with Gasteiger partial charge in [-0.1, -0.05) is 30.3 Å². The molecule has 0 radical (unpaired) electrons. The molecular weight excluding hydrogens is 485 g/mol. The molecule has 0 N–H and O–H groups in total. The summed E-state index contributed by atoms with van der Waals surface area (Å²) in [6.07, 6.45) is -3.47. The summed E-state index contributed by atoms with van der Waals surface area (Å²) in [5.74, 6) is -0.526. The minimum Gasteiger partial charge on any atom is -0.446 e. The highest BCUT2D eigenvalue weighted by Gasteiger charge is 2.53. The first-order valence-electron chi connectivity index (χ1n) is 12.4. The Morgan fingerprint density at radius 3 is 2.51 bits per heavy atom. The van der Waals surface area contributed by atoms with Crippen molar-refractivity contribution in [1.29, 1.82) is 5.26 Å². The van der Waals surface area contributed by atoms with Crippen LogP contribution in [0.25, 0.3) is 0 Å². The fourth-order valence-corrected chi connectivity index (χ4v) is 5.79. The molecule has 1 saturated carbocycles. The van der Waals surface area contributed by atoms with Gasteiger partial charge in [0, 0.05) is 56.4 Å². The summed E-state index contributed by atoms with van der Waals surface area (Å²) in [4.78, 5) is 18.9. The van der Waals surface area contributed by atoms with Crippen LogP contribution in [0.2, 0.25) is 0 Å². The molecule has 2 saturated heterocycles. The number of hydrogen-bond donors (Lipinski definition) is 0. The van der Waals surface area contributed by atoms with Crippen LogP contribution in [0.5, 0.6) is 5.75 Å². The third-order valence-corrected chi connectivity index (χ3v) is 7.49. The Kier molecular flexibility index (Phi) is 6.67. The highest BCUT2D eigenvalue weighted by Crippen LogP contribution is 2.50. The second-order valence-corrected chi connectivity index (χ2v) is 10.4. The number of rotatable bonds is 5. The maximum Gasteiger partial charge on any atom is 0.573 e. The number of halogens is 3. The fraction of sp³-hybridized carbons (Fsp3) is 0.481. The van der Waals surface area contributed by atoms with E-state index < -0.39 is 12.1 Å². The van der Waals surface area contributed by atoms with E-state index in [9.17, 15) is 23.2 Å². The van der Waals surface area contributed by atoms with Crippen LogP contribution >= 0.6 is 0 Å². The molecule has 1 spiro atoms. The van der Waals surface area contributed by atoms with E-state index in [0.717, 1.165) is 38.5 Å². The monoisotopic (exact) mass is 514 g/mol. The minimum atomic E-state index is -4.87. The van der Waals surface area contributed by atoms with Crippen LogP contribution in [0.15, 0.2) is 48.5 Å². The molecule has 1 amide bonds. The van der Waals surface area contributed by atoms with Gasteiger partial charge in [0.2, 0.25) is 0 Å². The van der Waals surface area contributed by atoms with Crippen molar-refractivity contribution in [2.24, 2.45) is 5.41 Å². The number of piperazine rings is 1. The number of hydrogen-bond acceptors (Lipinski definition) is 6. The number of nitrogens with zero attached hydrogens (tertiary/aromatic N) is 4. The molecule has 2 aromatic rings. The SMILES string of the molecule is C[C@@H]1CN(c2ccc(OC(F)(F)F)c(C#N)c2)CCN1C(=O)OC1CC2(C1)CN(Cc1ccccc1)C2. The molecule has 3 fully saturated rings. The van der Waals surface area contributed by atoms with Crippen molar-refractivity contribution < 1.29 is 27.4 Å². The van der Waals surface area contributed by atoms with Crippen LogP contribution in [0.4, 0.5) is 23.7 Å². The first-order chi connectivity index (χ1) is 17.6. The van der Waals surface area contributed by atoms with Gasteiger partial charge in [0.05, 0.1) is 5.56 Å². The molecule has 2 aliphatic heterocycles. The number of likely N-dealkylation sites (tertiary alicyclic amines) is 1. The van der Waals surface area contributed by atoms with Crippen LogP contribution in [0, 0.1) is 16.7 Å². The zero-order valence-corrected chi connectivity index (χ0v) is 20.6. The highest BCUT2D eigenvalue weighted by molar-refractivity contribution is 5.69. The number of ether oxygens (including phenoxy) is 2. The van der Waals surface area contributed by atoms with Crippen LogP contribution in [0.3, 0.4) is 0 Å². The van der Waals surface area contributed by atoms with E-state index in [0.29, 0.717) is 25.3 Å². The zero-order chi connectivity index (χ0) is 26.2. The largest absolute Gasteiger partial charge is 0.573 e. The first kappa shape index (κ1) is 25.2. The Hall–Kier alpha value is -3.45. The van der Waals surface area contributed by atoms with Crippen molar-refractivity contribution in [3.8, 4) is 11.8 Å². The van der Waals surface area contributed by atoms with E-state index in [-0.39, 0.29) is 29.2 Å². The van der Waals surface area contributed by atoms with Gasteiger partial charge in [0.15, 0.2) is 0 Å². The molecule has 37 heavy (non-hydrogen) atoms. The van der Waals surface area contributed by atoms with Gasteiger partial charge >= 0.3 is 12.5 Å². The van der Waals surface area contributed by atoms with E-state index >= 15 is 0 Å². The maximum atomic E-state index is 12.9. The lowest BCUT2D eigenvalue weighted by atomic mass is 9.61. The third kappa shape index (κ3) is 5.62. The standard InChI is InChI=1S/C27H29F3N4O3/c1-19-15-33(22-7-8-24(21(11-22)14-31)37-27(28,29)30)9-10-34(19)25(35)36-23-12-26(13-23)17-32(18-26)16-20-5-3-2-4-6-20/h2-8,11,19,23H,9-10,12-13,15-18H2,1H3/t19-/m1/s1. The normalized spacial score (nSPS) is 21.6. The topological polar surface area (TPSA) is 69.0 Å². The van der Waals surface area contributed by atoms with Gasteiger partial charge in [0.25, 0.3) is 0 Å². The molecule has 5 rings (SSSR count). The predicted octanol–water partition coefficient (Wildman–Crippen LogP) is 4.77. The lowest BCUT2D eigenvalue weighted by Gasteiger charge is -2.58. The molecular formula is C27H29F3N4O3. The average Bonchev–Trinajstić information content (AvgIpc) is 2.81. The van der Waals surface area contributed by atoms with E-state index in [1.54, 1.807) is 11.0 Å². The predicted molar refractivity (Wildman–Crippen MR) is 130 cm³/mol. The number of amides is 1. The van der Waals surface area contributed by atoms with Crippen molar-refractivity contribution in [1.82, 2.24) is 9.80 Å². The van der Waals surface area contributed by atoms with Gasteiger partial charge in [-0.25, -0.2) is 4.79 Å². The summed E-state index contributed by atoms with van der Waals surface area (Å²) in [5.41, 5.74) is 1.99. The lowest BCUT2D eigenvalue weighted by Crippen LogP contribution is -2.64. The summed E-state index contributed by atoms with van der Waals surface area (Å²) in [6.45, 7) is 6.30. The molecule has 2 heterocycles. The molecule has 196 valence electrons. The summed E-state index contributed by atoms with van der Waals surface area (Å²) in [6, 6.07) is 16.0. The van der Waals surface area contributed by atoms with Gasteiger partial charge in [-0.3, -0.25) is 4.90 Å². The Morgan fingerprint density at radius 2 is 1.86 bits per heavy atom. The van der Waals surface area contributed by atoms with Gasteiger partial charge in [-0.2, -0.15) is 5.26 Å². The average molecular weight is 515 g/mol. The van der Waals surface area contributed by atoms with Gasteiger partial charge in [0.1, 0.15) is 17.9 Å². The van der Waals surface area contributed by atoms with Crippen molar-refractivity contribution in [2.75, 3.05) is 37.6 Å². The van der Waals surface area contributed by atoms with Crippen molar-refractivity contribution in [3.63, 3.8) is 0 Å². The molecule has 1 aliphatic carbocycles. The number of alkyl halides is 3. The van der Waals surface area contributed by atoms with Gasteiger partial charge in [-0.15, -0.1) is 13.2 Å². The summed E-state index contributed by atoms with van der Waals surface area (Å²) in [5, 5.41) is 9.27. The number of carbonyl (C=O) groups is 1. The first-order valence-corrected chi connectivity index (χ1v) is 12.4. The Balaban J connectivity index is 1.09. The quantitative estimate of drug-likeness (QED) is 0.573. The van der Waals surface area contributed by atoms with Crippen molar-refractivity contribution in [2.45, 2.75) is 44.8 Å². The number of carbonyl (C=O) groups excluding carboxylic acids is 1. The summed E-state index contributed by atoms with van der Waals surface area (Å²) < 4.78 is 47.5. The van der Waals surface area contributed by atoms with Crippen LogP contribution < -0.4 is 9.64 Å². The number of benzene rings is 2. The maximum absolute atomic E-state index is 12.9. The number of anilines is 1. The van der Waals surface area contributed by atoms with Crippen LogP contribution in [0.1, 0.15) is 30.9 Å². The molecule has 0 bridgehead atoms. The van der Waals surface area contributed by atoms with E-state index in [1.807, 2.05) is 17.9 Å². The molecule has 3 aliphatic rings. The highest BCUT2D eigenvalue weighted by atomic mass is 19.4. The molecule has 0 unspecified atom stereocenters. The second-order valence-electron chi connectivity index (χ2n) is 10.4. The molecule has 0 aromatic heterocycles. The lowest BCUT2D eigenvalue weighted by molar-refractivity contribution is -0.274. The van der Waals surface area contributed by atoms with Gasteiger partial charge < -0.3 is 19.3 Å². The number of nitriles is 1. The van der Waals surface area contributed by atoms with Crippen molar-refractivity contribution in [3.05, 3.63) is 59.7 Å². The van der Waals surface area contributed by atoms with Crippen LogP contribution in [-0.2, 0) is 11.3 Å². The molecule has 2 aromatic carbocycles. The second kappa shape index (κ2) is 9.78. The summed E-state index contributed by atoms with van der Waals surface area (Å²) in [7, 11) is 0. The van der Waals surface area contributed by atoms with Crippen LogP contribution in [-0.4, -0.2) is 67.1 Å². The van der Waals surface area contributed by atoms with Crippen molar-refractivity contribution >= 4 is 11.8 Å².